The first-order valence-electron chi connectivity index (χ1n) is 9.26. The fraction of sp³-hybridized carbons (Fsp3) is 0.211. The second kappa shape index (κ2) is 8.49. The number of fused-ring (bicyclic) bond motifs is 1. The lowest BCUT2D eigenvalue weighted by atomic mass is 10.2. The second-order valence-corrected chi connectivity index (χ2v) is 9.75. The Balaban J connectivity index is 1.48. The van der Waals surface area contributed by atoms with Crippen molar-refractivity contribution in [1.29, 1.82) is 0 Å². The number of aromatic nitrogens is 3. The topological polar surface area (TPSA) is 134 Å². The predicted octanol–water partition coefficient (Wildman–Crippen LogP) is 1.89. The molecule has 0 fully saturated rings. The minimum absolute atomic E-state index is 0.144. The van der Waals surface area contributed by atoms with Gasteiger partial charge in [0, 0.05) is 42.8 Å². The van der Waals surface area contributed by atoms with E-state index < -0.39 is 15.9 Å². The van der Waals surface area contributed by atoms with Gasteiger partial charge in [0.1, 0.15) is 5.69 Å². The standard InChI is InChI=1S/C19H18N6O4S2/c1-12(26)22-13-2-4-14(5-3-13)31(28,29)25-9-6-15-17(11-25)30-19(23-15)24-18(27)16-10-20-7-8-21-16/h2-5,7-8,10H,6,9,11H2,1H3,(H,22,26)(H,23,24,27). The molecular weight excluding hydrogens is 440 g/mol. The number of carbonyl (C=O) groups excluding carboxylic acids is 2. The smallest absolute Gasteiger partial charge is 0.277 e. The zero-order valence-electron chi connectivity index (χ0n) is 16.4. The van der Waals surface area contributed by atoms with Gasteiger partial charge in [-0.15, -0.1) is 11.3 Å². The van der Waals surface area contributed by atoms with Crippen LogP contribution in [-0.2, 0) is 27.8 Å². The SMILES string of the molecule is CC(=O)Nc1ccc(S(=O)(=O)N2CCc3nc(NC(=O)c4cnccn4)sc3C2)cc1. The summed E-state index contributed by atoms with van der Waals surface area (Å²) < 4.78 is 27.5. The van der Waals surface area contributed by atoms with Crippen LogP contribution in [0.2, 0.25) is 0 Å². The number of amides is 2. The average Bonchev–Trinajstić information content (AvgIpc) is 3.15. The normalized spacial score (nSPS) is 14.0. The molecule has 0 radical (unpaired) electrons. The van der Waals surface area contributed by atoms with Gasteiger partial charge >= 0.3 is 0 Å². The summed E-state index contributed by atoms with van der Waals surface area (Å²) in [6, 6.07) is 6.04. The quantitative estimate of drug-likeness (QED) is 0.596. The van der Waals surface area contributed by atoms with Crippen LogP contribution in [-0.4, -0.2) is 46.0 Å². The molecule has 2 amide bonds. The van der Waals surface area contributed by atoms with E-state index >= 15 is 0 Å². The van der Waals surface area contributed by atoms with Crippen molar-refractivity contribution in [1.82, 2.24) is 19.3 Å². The molecular formula is C19H18N6O4S2. The van der Waals surface area contributed by atoms with Crippen molar-refractivity contribution < 1.29 is 18.0 Å². The van der Waals surface area contributed by atoms with Crippen LogP contribution in [0.25, 0.3) is 0 Å². The van der Waals surface area contributed by atoms with E-state index in [4.69, 9.17) is 0 Å². The Bertz CT molecular complexity index is 1230. The Labute approximate surface area is 182 Å². The van der Waals surface area contributed by atoms with Crippen LogP contribution in [0.1, 0.15) is 28.0 Å². The van der Waals surface area contributed by atoms with Crippen LogP contribution in [0.5, 0.6) is 0 Å². The molecule has 160 valence electrons. The van der Waals surface area contributed by atoms with Crippen molar-refractivity contribution in [3.8, 4) is 0 Å². The summed E-state index contributed by atoms with van der Waals surface area (Å²) >= 11 is 1.24. The first-order valence-corrected chi connectivity index (χ1v) is 11.5. The molecule has 1 aromatic carbocycles. The van der Waals surface area contributed by atoms with Crippen molar-refractivity contribution in [2.45, 2.75) is 24.8 Å². The molecule has 0 bridgehead atoms. The third-order valence-electron chi connectivity index (χ3n) is 4.52. The third kappa shape index (κ3) is 4.60. The van der Waals surface area contributed by atoms with Crippen molar-refractivity contribution in [2.24, 2.45) is 0 Å². The third-order valence-corrected chi connectivity index (χ3v) is 7.38. The van der Waals surface area contributed by atoms with E-state index in [0.29, 0.717) is 17.2 Å². The lowest BCUT2D eigenvalue weighted by molar-refractivity contribution is -0.114. The molecule has 12 heteroatoms. The number of carbonyl (C=O) groups is 2. The van der Waals surface area contributed by atoms with E-state index in [1.807, 2.05) is 0 Å². The Kier molecular flexibility index (Phi) is 5.76. The molecule has 3 heterocycles. The second-order valence-electron chi connectivity index (χ2n) is 6.73. The number of nitrogens with one attached hydrogen (secondary N) is 2. The predicted molar refractivity (Wildman–Crippen MR) is 114 cm³/mol. The van der Waals surface area contributed by atoms with Crippen LogP contribution >= 0.6 is 11.3 Å². The van der Waals surface area contributed by atoms with Crippen molar-refractivity contribution in [3.63, 3.8) is 0 Å². The maximum Gasteiger partial charge on any atom is 0.277 e. The van der Waals surface area contributed by atoms with Gasteiger partial charge in [0.05, 0.1) is 23.3 Å². The van der Waals surface area contributed by atoms with Crippen molar-refractivity contribution in [2.75, 3.05) is 17.2 Å². The number of benzene rings is 1. The minimum atomic E-state index is -3.71. The average molecular weight is 459 g/mol. The summed E-state index contributed by atoms with van der Waals surface area (Å²) in [5.41, 5.74) is 1.47. The Morgan fingerprint density at radius 3 is 2.58 bits per heavy atom. The summed E-state index contributed by atoms with van der Waals surface area (Å²) in [7, 11) is -3.71. The van der Waals surface area contributed by atoms with Gasteiger partial charge in [-0.3, -0.25) is 19.9 Å². The fourth-order valence-corrected chi connectivity index (χ4v) is 5.58. The highest BCUT2D eigenvalue weighted by Gasteiger charge is 2.30. The summed E-state index contributed by atoms with van der Waals surface area (Å²) in [5.74, 6) is -0.658. The Morgan fingerprint density at radius 2 is 1.90 bits per heavy atom. The lowest BCUT2D eigenvalue weighted by Crippen LogP contribution is -2.35. The molecule has 0 spiro atoms. The van der Waals surface area contributed by atoms with Crippen molar-refractivity contribution in [3.05, 3.63) is 59.1 Å². The maximum atomic E-state index is 13.0. The van der Waals surface area contributed by atoms with Gasteiger partial charge in [-0.2, -0.15) is 4.31 Å². The summed E-state index contributed by atoms with van der Waals surface area (Å²) in [6.07, 6.45) is 4.69. The molecule has 0 unspecified atom stereocenters. The molecule has 2 aromatic heterocycles. The highest BCUT2D eigenvalue weighted by molar-refractivity contribution is 7.89. The Morgan fingerprint density at radius 1 is 1.13 bits per heavy atom. The lowest BCUT2D eigenvalue weighted by Gasteiger charge is -2.25. The zero-order chi connectivity index (χ0) is 22.0. The summed E-state index contributed by atoms with van der Waals surface area (Å²) in [5, 5.41) is 5.68. The Hall–Kier alpha value is -3.22. The van der Waals surface area contributed by atoms with E-state index in [1.54, 1.807) is 12.1 Å². The molecule has 2 N–H and O–H groups in total. The molecule has 4 rings (SSSR count). The highest BCUT2D eigenvalue weighted by atomic mass is 32.2. The molecule has 0 atom stereocenters. The van der Waals surface area contributed by atoms with E-state index in [9.17, 15) is 18.0 Å². The molecule has 10 nitrogen and oxygen atoms in total. The minimum Gasteiger partial charge on any atom is -0.326 e. The summed E-state index contributed by atoms with van der Waals surface area (Å²) in [6.45, 7) is 1.84. The monoisotopic (exact) mass is 458 g/mol. The van der Waals surface area contributed by atoms with Crippen LogP contribution < -0.4 is 10.6 Å². The van der Waals surface area contributed by atoms with E-state index in [-0.39, 0.29) is 29.6 Å². The number of hydrogen-bond donors (Lipinski definition) is 2. The van der Waals surface area contributed by atoms with Crippen molar-refractivity contribution >= 4 is 44.0 Å². The molecule has 0 saturated carbocycles. The van der Waals surface area contributed by atoms with Gasteiger partial charge in [0.2, 0.25) is 15.9 Å². The number of sulfonamides is 1. The van der Waals surface area contributed by atoms with Crippen LogP contribution in [0.4, 0.5) is 10.8 Å². The van der Waals surface area contributed by atoms with E-state index in [1.165, 1.54) is 53.3 Å². The fourth-order valence-electron chi connectivity index (χ4n) is 3.07. The number of nitrogens with zero attached hydrogens (tertiary/aromatic N) is 4. The largest absolute Gasteiger partial charge is 0.326 e. The van der Waals surface area contributed by atoms with Gasteiger partial charge < -0.3 is 5.32 Å². The zero-order valence-corrected chi connectivity index (χ0v) is 18.0. The molecule has 1 aliphatic heterocycles. The van der Waals surface area contributed by atoms with Gasteiger partial charge in [-0.25, -0.2) is 18.4 Å². The molecule has 0 aliphatic carbocycles. The molecule has 0 saturated heterocycles. The van der Waals surface area contributed by atoms with Gasteiger partial charge in [0.25, 0.3) is 5.91 Å². The van der Waals surface area contributed by atoms with E-state index in [0.717, 1.165) is 10.6 Å². The molecule has 3 aromatic rings. The van der Waals surface area contributed by atoms with Crippen LogP contribution in [0.3, 0.4) is 0 Å². The summed E-state index contributed by atoms with van der Waals surface area (Å²) in [4.78, 5) is 36.5. The number of rotatable bonds is 5. The first kappa shape index (κ1) is 21.0. The first-order chi connectivity index (χ1) is 14.8. The number of thiazole rings is 1. The highest BCUT2D eigenvalue weighted by Crippen LogP contribution is 2.31. The van der Waals surface area contributed by atoms with Gasteiger partial charge in [-0.1, -0.05) is 0 Å². The number of hydrogen-bond acceptors (Lipinski definition) is 8. The van der Waals surface area contributed by atoms with Crippen LogP contribution in [0, 0.1) is 0 Å². The maximum absolute atomic E-state index is 13.0. The molecule has 31 heavy (non-hydrogen) atoms. The van der Waals surface area contributed by atoms with Gasteiger partial charge in [0.15, 0.2) is 5.13 Å². The van der Waals surface area contributed by atoms with E-state index in [2.05, 4.69) is 25.6 Å². The number of anilines is 2. The van der Waals surface area contributed by atoms with Crippen LogP contribution in [0.15, 0.2) is 47.8 Å². The molecule has 1 aliphatic rings. The van der Waals surface area contributed by atoms with Gasteiger partial charge in [-0.05, 0) is 24.3 Å².